The average molecular weight is 483 g/mol. The summed E-state index contributed by atoms with van der Waals surface area (Å²) in [7, 11) is 1.44. The van der Waals surface area contributed by atoms with E-state index in [-0.39, 0.29) is 33.1 Å². The molecule has 2 bridgehead atoms. The largest absolute Gasteiger partial charge is 0.505 e. The maximum atomic E-state index is 16.2. The molecule has 1 aromatic heterocycles. The Kier molecular flexibility index (Phi) is 4.97. The van der Waals surface area contributed by atoms with E-state index in [0.717, 1.165) is 25.9 Å². The van der Waals surface area contributed by atoms with Crippen LogP contribution in [0, 0.1) is 11.6 Å². The highest BCUT2D eigenvalue weighted by Crippen LogP contribution is 2.43. The Hall–Kier alpha value is -3.23. The standard InChI is InChI=1S/C25H21ClF2N4O2/c1-34-25-30-23-17(24(31-25)32-10-12-6-7-13(11-32)29-12)8-18(26)20(22(23)28)16-9-19(33)21(27)15-5-3-2-4-14(15)16/h2-5,8-9,12-13,29,33H,6-7,10-11H2,1H3. The third-order valence-electron chi connectivity index (χ3n) is 6.77. The first-order valence-corrected chi connectivity index (χ1v) is 11.5. The molecule has 2 unspecified atom stereocenters. The Morgan fingerprint density at radius 2 is 1.74 bits per heavy atom. The van der Waals surface area contributed by atoms with Crippen molar-refractivity contribution in [1.29, 1.82) is 0 Å². The lowest BCUT2D eigenvalue weighted by atomic mass is 9.95. The Labute approximate surface area is 199 Å². The van der Waals surface area contributed by atoms with Gasteiger partial charge in [-0.3, -0.25) is 0 Å². The van der Waals surface area contributed by atoms with Crippen LogP contribution in [0.15, 0.2) is 36.4 Å². The molecule has 34 heavy (non-hydrogen) atoms. The van der Waals surface area contributed by atoms with Gasteiger partial charge in [0.05, 0.1) is 12.1 Å². The van der Waals surface area contributed by atoms with E-state index >= 15 is 4.39 Å². The Morgan fingerprint density at radius 1 is 1.03 bits per heavy atom. The molecule has 2 aliphatic rings. The summed E-state index contributed by atoms with van der Waals surface area (Å²) in [6, 6.07) is 10.1. The van der Waals surface area contributed by atoms with Gasteiger partial charge in [-0.05, 0) is 35.9 Å². The van der Waals surface area contributed by atoms with Crippen LogP contribution < -0.4 is 15.0 Å². The zero-order valence-electron chi connectivity index (χ0n) is 18.3. The highest BCUT2D eigenvalue weighted by atomic mass is 35.5. The number of aromatic hydroxyl groups is 1. The number of hydrogen-bond donors (Lipinski definition) is 2. The fourth-order valence-electron chi connectivity index (χ4n) is 5.24. The van der Waals surface area contributed by atoms with E-state index in [4.69, 9.17) is 16.3 Å². The summed E-state index contributed by atoms with van der Waals surface area (Å²) in [6.07, 6.45) is 2.17. The van der Waals surface area contributed by atoms with E-state index in [9.17, 15) is 9.50 Å². The third-order valence-corrected chi connectivity index (χ3v) is 7.07. The number of anilines is 1. The van der Waals surface area contributed by atoms with Crippen LogP contribution in [0.25, 0.3) is 32.8 Å². The maximum absolute atomic E-state index is 16.2. The number of phenolic OH excluding ortho intramolecular Hbond substituents is 1. The van der Waals surface area contributed by atoms with Crippen LogP contribution in [-0.4, -0.2) is 47.4 Å². The number of piperazine rings is 1. The van der Waals surface area contributed by atoms with Crippen molar-refractivity contribution in [2.45, 2.75) is 24.9 Å². The molecule has 6 nitrogen and oxygen atoms in total. The molecule has 2 atom stereocenters. The summed E-state index contributed by atoms with van der Waals surface area (Å²) in [5.41, 5.74) is 0.367. The molecule has 2 saturated heterocycles. The van der Waals surface area contributed by atoms with E-state index < -0.39 is 17.4 Å². The van der Waals surface area contributed by atoms with Crippen LogP contribution in [0.2, 0.25) is 5.02 Å². The van der Waals surface area contributed by atoms with Gasteiger partial charge in [-0.1, -0.05) is 35.9 Å². The summed E-state index contributed by atoms with van der Waals surface area (Å²) in [5.74, 6) is -1.46. The molecular weight excluding hydrogens is 462 g/mol. The topological polar surface area (TPSA) is 70.5 Å². The Balaban J connectivity index is 1.61. The molecule has 3 aromatic carbocycles. The lowest BCUT2D eigenvalue weighted by Crippen LogP contribution is -2.51. The second kappa shape index (κ2) is 7.92. The molecule has 0 spiro atoms. The highest BCUT2D eigenvalue weighted by Gasteiger charge is 2.34. The van der Waals surface area contributed by atoms with E-state index in [2.05, 4.69) is 20.2 Å². The minimum Gasteiger partial charge on any atom is -0.505 e. The van der Waals surface area contributed by atoms with E-state index in [1.54, 1.807) is 24.3 Å². The number of nitrogens with one attached hydrogen (secondary N) is 1. The molecule has 2 fully saturated rings. The first kappa shape index (κ1) is 21.3. The zero-order valence-corrected chi connectivity index (χ0v) is 19.0. The molecule has 2 aliphatic heterocycles. The van der Waals surface area contributed by atoms with E-state index in [1.165, 1.54) is 19.2 Å². The quantitative estimate of drug-likeness (QED) is 0.426. The van der Waals surface area contributed by atoms with Crippen molar-refractivity contribution in [3.63, 3.8) is 0 Å². The normalized spacial score (nSPS) is 19.8. The van der Waals surface area contributed by atoms with Crippen molar-refractivity contribution < 1.29 is 18.6 Å². The molecule has 3 heterocycles. The van der Waals surface area contributed by atoms with Crippen LogP contribution >= 0.6 is 11.6 Å². The first-order chi connectivity index (χ1) is 16.4. The molecule has 174 valence electrons. The van der Waals surface area contributed by atoms with Gasteiger partial charge in [-0.15, -0.1) is 0 Å². The van der Waals surface area contributed by atoms with Crippen LogP contribution in [-0.2, 0) is 0 Å². The number of nitrogens with zero attached hydrogens (tertiary/aromatic N) is 3. The average Bonchev–Trinajstić information content (AvgIpc) is 3.19. The van der Waals surface area contributed by atoms with Gasteiger partial charge in [0.25, 0.3) is 0 Å². The molecule has 0 saturated carbocycles. The predicted octanol–water partition coefficient (Wildman–Crippen LogP) is 5.04. The van der Waals surface area contributed by atoms with Crippen LogP contribution in [0.5, 0.6) is 11.8 Å². The molecule has 6 rings (SSSR count). The number of halogens is 3. The molecular formula is C25H21ClF2N4O2. The fourth-order valence-corrected chi connectivity index (χ4v) is 5.53. The second-order valence-electron chi connectivity index (χ2n) is 8.82. The minimum absolute atomic E-state index is 0.0350. The lowest BCUT2D eigenvalue weighted by molar-refractivity contribution is 0.380. The van der Waals surface area contributed by atoms with Gasteiger partial charge >= 0.3 is 6.01 Å². The molecule has 0 amide bonds. The number of benzene rings is 3. The van der Waals surface area contributed by atoms with Gasteiger partial charge < -0.3 is 20.1 Å². The van der Waals surface area contributed by atoms with Gasteiger partial charge in [-0.2, -0.15) is 9.97 Å². The number of ether oxygens (including phenoxy) is 1. The second-order valence-corrected chi connectivity index (χ2v) is 9.23. The Bertz CT molecular complexity index is 1450. The zero-order chi connectivity index (χ0) is 23.6. The Morgan fingerprint density at radius 3 is 2.44 bits per heavy atom. The number of rotatable bonds is 3. The van der Waals surface area contributed by atoms with Gasteiger partial charge in [0, 0.05) is 41.5 Å². The molecule has 2 N–H and O–H groups in total. The number of aromatic nitrogens is 2. The van der Waals surface area contributed by atoms with Crippen molar-refractivity contribution in [1.82, 2.24) is 15.3 Å². The summed E-state index contributed by atoms with van der Waals surface area (Å²) in [5, 5.41) is 15.0. The van der Waals surface area contributed by atoms with Crippen molar-refractivity contribution in [2.75, 3.05) is 25.1 Å². The summed E-state index contributed by atoms with van der Waals surface area (Å²) in [6.45, 7) is 1.48. The maximum Gasteiger partial charge on any atom is 0.318 e. The van der Waals surface area contributed by atoms with E-state index in [1.807, 2.05) is 0 Å². The van der Waals surface area contributed by atoms with Gasteiger partial charge in [0.15, 0.2) is 17.4 Å². The smallest absolute Gasteiger partial charge is 0.318 e. The van der Waals surface area contributed by atoms with Gasteiger partial charge in [0.2, 0.25) is 0 Å². The predicted molar refractivity (Wildman–Crippen MR) is 128 cm³/mol. The van der Waals surface area contributed by atoms with Gasteiger partial charge in [-0.25, -0.2) is 8.78 Å². The molecule has 4 aromatic rings. The summed E-state index contributed by atoms with van der Waals surface area (Å²) < 4.78 is 36.0. The van der Waals surface area contributed by atoms with Crippen molar-refractivity contribution in [2.24, 2.45) is 0 Å². The molecule has 0 aliphatic carbocycles. The highest BCUT2D eigenvalue weighted by molar-refractivity contribution is 6.35. The fraction of sp³-hybridized carbons (Fsp3) is 0.280. The van der Waals surface area contributed by atoms with E-state index in [0.29, 0.717) is 28.7 Å². The number of phenols is 1. The van der Waals surface area contributed by atoms with Gasteiger partial charge in [0.1, 0.15) is 11.3 Å². The van der Waals surface area contributed by atoms with Crippen molar-refractivity contribution in [3.8, 4) is 22.9 Å². The minimum atomic E-state index is -0.767. The summed E-state index contributed by atoms with van der Waals surface area (Å²) >= 11 is 6.66. The molecule has 9 heteroatoms. The molecule has 0 radical (unpaired) electrons. The summed E-state index contributed by atoms with van der Waals surface area (Å²) in [4.78, 5) is 11.0. The number of methoxy groups -OCH3 is 1. The first-order valence-electron chi connectivity index (χ1n) is 11.1. The van der Waals surface area contributed by atoms with Crippen molar-refractivity contribution in [3.05, 3.63) is 53.1 Å². The van der Waals surface area contributed by atoms with Crippen LogP contribution in [0.4, 0.5) is 14.6 Å². The lowest BCUT2D eigenvalue weighted by Gasteiger charge is -2.34. The number of fused-ring (bicyclic) bond motifs is 4. The SMILES string of the molecule is COc1nc(N2CC3CCC(C2)N3)c2cc(Cl)c(-c3cc(O)c(F)c4ccccc34)c(F)c2n1. The monoisotopic (exact) mass is 482 g/mol. The van der Waals surface area contributed by atoms with Crippen molar-refractivity contribution >= 4 is 39.1 Å². The van der Waals surface area contributed by atoms with Crippen LogP contribution in [0.1, 0.15) is 12.8 Å². The number of hydrogen-bond acceptors (Lipinski definition) is 6. The third kappa shape index (κ3) is 3.24. The van der Waals surface area contributed by atoms with Crippen LogP contribution in [0.3, 0.4) is 0 Å².